The molecule has 0 spiro atoms. The Hall–Kier alpha value is -0.430. The van der Waals surface area contributed by atoms with Crippen LogP contribution in [0.25, 0.3) is 11.4 Å². The van der Waals surface area contributed by atoms with Crippen molar-refractivity contribution in [2.24, 2.45) is 0 Å². The van der Waals surface area contributed by atoms with Crippen molar-refractivity contribution in [3.63, 3.8) is 0 Å². The molecule has 0 aliphatic rings. The molecule has 0 unspecified atom stereocenters. The summed E-state index contributed by atoms with van der Waals surface area (Å²) in [7, 11) is 1.66. The first kappa shape index (κ1) is 14.0. The van der Waals surface area contributed by atoms with Crippen molar-refractivity contribution >= 4 is 45.8 Å². The third-order valence-corrected chi connectivity index (χ3v) is 4.50. The van der Waals surface area contributed by atoms with Crippen molar-refractivity contribution in [1.82, 2.24) is 9.97 Å². The van der Waals surface area contributed by atoms with Crippen LogP contribution in [0.3, 0.4) is 0 Å². The Morgan fingerprint density at radius 1 is 1.11 bits per heavy atom. The number of ether oxygens (including phenoxy) is 1. The van der Waals surface area contributed by atoms with Gasteiger partial charge in [0.25, 0.3) is 0 Å². The maximum Gasteiger partial charge on any atom is 0.162 e. The molecule has 6 heteroatoms. The van der Waals surface area contributed by atoms with Gasteiger partial charge in [-0.05, 0) is 28.2 Å². The van der Waals surface area contributed by atoms with Gasteiger partial charge < -0.3 is 4.74 Å². The highest BCUT2D eigenvalue weighted by atomic mass is 127. The number of hydrogen-bond acceptors (Lipinski definition) is 3. The fraction of sp³-hybridized carbons (Fsp3) is 0.167. The van der Waals surface area contributed by atoms with Gasteiger partial charge >= 0.3 is 0 Å². The molecular formula is C12H9Cl2IN2O. The maximum atomic E-state index is 5.99. The maximum absolute atomic E-state index is 5.99. The molecule has 0 bridgehead atoms. The molecule has 0 fully saturated rings. The summed E-state index contributed by atoms with van der Waals surface area (Å²) >= 11 is 14.0. The van der Waals surface area contributed by atoms with Crippen LogP contribution in [0.2, 0.25) is 10.3 Å². The lowest BCUT2D eigenvalue weighted by Gasteiger charge is -2.05. The molecule has 2 aromatic rings. The molecule has 3 nitrogen and oxygen atoms in total. The number of benzene rings is 1. The predicted octanol–water partition coefficient (Wildman–Crippen LogP) is 4.20. The number of nitrogens with zero attached hydrogens (tertiary/aromatic N) is 2. The van der Waals surface area contributed by atoms with E-state index in [-0.39, 0.29) is 0 Å². The monoisotopic (exact) mass is 394 g/mol. The second-order valence-electron chi connectivity index (χ2n) is 3.57. The normalized spacial score (nSPS) is 10.7. The number of halogens is 3. The average molecular weight is 395 g/mol. The van der Waals surface area contributed by atoms with Gasteiger partial charge in [0, 0.05) is 12.7 Å². The van der Waals surface area contributed by atoms with Crippen LogP contribution in [0.1, 0.15) is 5.56 Å². The third-order valence-electron chi connectivity index (χ3n) is 2.29. The van der Waals surface area contributed by atoms with Gasteiger partial charge in [-0.3, -0.25) is 0 Å². The van der Waals surface area contributed by atoms with Gasteiger partial charge in [0.05, 0.1) is 10.2 Å². The largest absolute Gasteiger partial charge is 0.380 e. The van der Waals surface area contributed by atoms with E-state index in [2.05, 4.69) is 9.97 Å². The van der Waals surface area contributed by atoms with Gasteiger partial charge in [0.2, 0.25) is 0 Å². The molecule has 0 radical (unpaired) electrons. The van der Waals surface area contributed by atoms with E-state index >= 15 is 0 Å². The lowest BCUT2D eigenvalue weighted by atomic mass is 10.1. The highest BCUT2D eigenvalue weighted by Gasteiger charge is 2.10. The van der Waals surface area contributed by atoms with Crippen molar-refractivity contribution in [3.05, 3.63) is 43.7 Å². The second-order valence-corrected chi connectivity index (χ2v) is 5.37. The zero-order chi connectivity index (χ0) is 13.1. The molecule has 0 aliphatic carbocycles. The van der Waals surface area contributed by atoms with Gasteiger partial charge in [0.15, 0.2) is 5.82 Å². The number of rotatable bonds is 3. The van der Waals surface area contributed by atoms with Crippen molar-refractivity contribution in [2.45, 2.75) is 6.61 Å². The Bertz CT molecular complexity index is 537. The summed E-state index contributed by atoms with van der Waals surface area (Å²) in [6.45, 7) is 0.579. The molecule has 0 aliphatic heterocycles. The summed E-state index contributed by atoms with van der Waals surface area (Å²) in [6.07, 6.45) is 0. The van der Waals surface area contributed by atoms with Gasteiger partial charge in [-0.1, -0.05) is 47.5 Å². The van der Waals surface area contributed by atoms with Gasteiger partial charge in [0.1, 0.15) is 10.3 Å². The van der Waals surface area contributed by atoms with Crippen LogP contribution >= 0.6 is 45.8 Å². The molecule has 0 atom stereocenters. The number of aromatic nitrogens is 2. The van der Waals surface area contributed by atoms with E-state index in [1.165, 1.54) is 0 Å². The van der Waals surface area contributed by atoms with Crippen LogP contribution < -0.4 is 0 Å². The summed E-state index contributed by atoms with van der Waals surface area (Å²) in [5.41, 5.74) is 1.96. The van der Waals surface area contributed by atoms with Crippen LogP contribution in [-0.4, -0.2) is 17.1 Å². The van der Waals surface area contributed by atoms with Crippen molar-refractivity contribution in [1.29, 1.82) is 0 Å². The Labute approximate surface area is 129 Å². The Kier molecular flexibility index (Phi) is 4.77. The van der Waals surface area contributed by atoms with E-state index in [1.54, 1.807) is 7.11 Å². The van der Waals surface area contributed by atoms with Crippen LogP contribution in [-0.2, 0) is 11.3 Å². The zero-order valence-electron chi connectivity index (χ0n) is 9.45. The molecule has 94 valence electrons. The minimum Gasteiger partial charge on any atom is -0.380 e. The highest BCUT2D eigenvalue weighted by molar-refractivity contribution is 14.1. The lowest BCUT2D eigenvalue weighted by molar-refractivity contribution is 0.185. The standard InChI is InChI=1S/C12H9Cl2IN2O/c1-18-6-7-2-4-8(5-3-7)12-16-10(13)9(15)11(14)17-12/h2-5H,6H2,1H3. The molecule has 0 saturated carbocycles. The number of hydrogen-bond donors (Lipinski definition) is 0. The topological polar surface area (TPSA) is 35.0 Å². The van der Waals surface area contributed by atoms with E-state index in [1.807, 2.05) is 46.9 Å². The van der Waals surface area contributed by atoms with Gasteiger partial charge in [-0.2, -0.15) is 0 Å². The summed E-state index contributed by atoms with van der Waals surface area (Å²) in [6, 6.07) is 7.76. The molecule has 1 heterocycles. The summed E-state index contributed by atoms with van der Waals surface area (Å²) in [4.78, 5) is 8.42. The Morgan fingerprint density at radius 3 is 2.17 bits per heavy atom. The van der Waals surface area contributed by atoms with Crippen LogP contribution in [0.4, 0.5) is 0 Å². The summed E-state index contributed by atoms with van der Waals surface area (Å²) in [5, 5.41) is 0.734. The van der Waals surface area contributed by atoms with Crippen LogP contribution in [0.5, 0.6) is 0 Å². The van der Waals surface area contributed by atoms with Crippen LogP contribution in [0.15, 0.2) is 24.3 Å². The summed E-state index contributed by atoms with van der Waals surface area (Å²) in [5.74, 6) is 0.523. The number of methoxy groups -OCH3 is 1. The smallest absolute Gasteiger partial charge is 0.162 e. The lowest BCUT2D eigenvalue weighted by Crippen LogP contribution is -1.94. The second kappa shape index (κ2) is 6.14. The molecule has 0 N–H and O–H groups in total. The SMILES string of the molecule is COCc1ccc(-c2nc(Cl)c(I)c(Cl)n2)cc1. The highest BCUT2D eigenvalue weighted by Crippen LogP contribution is 2.26. The molecule has 0 amide bonds. The quantitative estimate of drug-likeness (QED) is 0.578. The first-order chi connectivity index (χ1) is 8.61. The predicted molar refractivity (Wildman–Crippen MR) is 80.9 cm³/mol. The Morgan fingerprint density at radius 2 is 1.67 bits per heavy atom. The van der Waals surface area contributed by atoms with Crippen molar-refractivity contribution in [3.8, 4) is 11.4 Å². The average Bonchev–Trinajstić information content (AvgIpc) is 2.37. The molecule has 1 aromatic heterocycles. The van der Waals surface area contributed by atoms with Crippen molar-refractivity contribution in [2.75, 3.05) is 7.11 Å². The zero-order valence-corrected chi connectivity index (χ0v) is 13.1. The molecule has 1 aromatic carbocycles. The summed E-state index contributed by atoms with van der Waals surface area (Å²) < 4.78 is 5.72. The van der Waals surface area contributed by atoms with E-state index in [0.717, 1.165) is 11.1 Å². The molecular weight excluding hydrogens is 386 g/mol. The minimum atomic E-state index is 0.367. The van der Waals surface area contributed by atoms with E-state index in [0.29, 0.717) is 26.3 Å². The fourth-order valence-corrected chi connectivity index (χ4v) is 2.07. The molecule has 0 saturated heterocycles. The fourth-order valence-electron chi connectivity index (χ4n) is 1.44. The van der Waals surface area contributed by atoms with Crippen molar-refractivity contribution < 1.29 is 4.74 Å². The van der Waals surface area contributed by atoms with E-state index < -0.39 is 0 Å². The molecule has 18 heavy (non-hydrogen) atoms. The molecule has 2 rings (SSSR count). The van der Waals surface area contributed by atoms with Gasteiger partial charge in [-0.15, -0.1) is 0 Å². The first-order valence-corrected chi connectivity index (χ1v) is 6.92. The Balaban J connectivity index is 2.36. The third kappa shape index (κ3) is 3.12. The van der Waals surface area contributed by atoms with E-state index in [9.17, 15) is 0 Å². The van der Waals surface area contributed by atoms with E-state index in [4.69, 9.17) is 27.9 Å². The first-order valence-electron chi connectivity index (χ1n) is 5.08. The minimum absolute atomic E-state index is 0.367. The van der Waals surface area contributed by atoms with Crippen LogP contribution in [0, 0.1) is 3.57 Å². The van der Waals surface area contributed by atoms with Gasteiger partial charge in [-0.25, -0.2) is 9.97 Å².